The molecule has 7 nitrogen and oxygen atoms in total. The molecule has 0 saturated heterocycles. The summed E-state index contributed by atoms with van der Waals surface area (Å²) in [5.74, 6) is -2.85. The van der Waals surface area contributed by atoms with Crippen LogP contribution < -0.4 is 15.2 Å². The average molecular weight is 520 g/mol. The molecule has 0 aliphatic heterocycles. The van der Waals surface area contributed by atoms with Gasteiger partial charge in [0.2, 0.25) is 5.91 Å². The molecule has 2 aromatic rings. The van der Waals surface area contributed by atoms with Gasteiger partial charge in [0.25, 0.3) is 0 Å². The molecule has 0 aliphatic carbocycles. The maximum absolute atomic E-state index is 13.8. The zero-order chi connectivity index (χ0) is 27.5. The maximum Gasteiger partial charge on any atom is 0.490 e. The SMILES string of the molecule is COc1cc(CN(CCN)C(=O)CC(C)C)ccc1OCc1ccc(F)cc1F.O=C(O)C(F)(F)F. The topological polar surface area (TPSA) is 102 Å². The number of methoxy groups -OCH3 is 1. The number of benzene rings is 2. The van der Waals surface area contributed by atoms with E-state index in [2.05, 4.69) is 0 Å². The van der Waals surface area contributed by atoms with Crippen LogP contribution in [0, 0.1) is 17.6 Å². The summed E-state index contributed by atoms with van der Waals surface area (Å²) in [5.41, 5.74) is 6.77. The first-order chi connectivity index (χ1) is 16.8. The summed E-state index contributed by atoms with van der Waals surface area (Å²) in [6, 6.07) is 8.66. The van der Waals surface area contributed by atoms with Gasteiger partial charge in [-0.05, 0) is 35.7 Å². The van der Waals surface area contributed by atoms with E-state index in [0.29, 0.717) is 37.6 Å². The minimum Gasteiger partial charge on any atom is -0.493 e. The van der Waals surface area contributed by atoms with Crippen molar-refractivity contribution in [3.05, 3.63) is 59.2 Å². The fourth-order valence-electron chi connectivity index (χ4n) is 2.87. The lowest BCUT2D eigenvalue weighted by atomic mass is 10.1. The highest BCUT2D eigenvalue weighted by Gasteiger charge is 2.38. The second-order valence-corrected chi connectivity index (χ2v) is 8.01. The number of carbonyl (C=O) groups is 2. The lowest BCUT2D eigenvalue weighted by Crippen LogP contribution is -2.35. The Labute approximate surface area is 205 Å². The van der Waals surface area contributed by atoms with Crippen LogP contribution >= 0.6 is 0 Å². The van der Waals surface area contributed by atoms with Crippen molar-refractivity contribution in [3.63, 3.8) is 0 Å². The second-order valence-electron chi connectivity index (χ2n) is 8.01. The van der Waals surface area contributed by atoms with Gasteiger partial charge in [0.15, 0.2) is 11.5 Å². The first-order valence-electron chi connectivity index (χ1n) is 10.8. The highest BCUT2D eigenvalue weighted by atomic mass is 19.4. The Morgan fingerprint density at radius 3 is 2.22 bits per heavy atom. The largest absolute Gasteiger partial charge is 0.493 e. The lowest BCUT2D eigenvalue weighted by Gasteiger charge is -2.23. The molecule has 0 unspecified atom stereocenters. The van der Waals surface area contributed by atoms with Crippen molar-refractivity contribution in [2.75, 3.05) is 20.2 Å². The van der Waals surface area contributed by atoms with Gasteiger partial charge in [0.05, 0.1) is 7.11 Å². The van der Waals surface area contributed by atoms with Crippen LogP contribution in [-0.2, 0) is 22.7 Å². The molecule has 1 amide bonds. The molecule has 0 atom stereocenters. The molecule has 36 heavy (non-hydrogen) atoms. The number of halogens is 5. The van der Waals surface area contributed by atoms with Crippen LogP contribution in [0.1, 0.15) is 31.4 Å². The van der Waals surface area contributed by atoms with E-state index in [1.165, 1.54) is 19.2 Å². The zero-order valence-corrected chi connectivity index (χ0v) is 20.1. The number of carboxylic acids is 1. The Hall–Kier alpha value is -3.41. The first kappa shape index (κ1) is 30.6. The highest BCUT2D eigenvalue weighted by Crippen LogP contribution is 2.30. The minimum absolute atomic E-state index is 0.0523. The molecular weight excluding hydrogens is 491 g/mol. The van der Waals surface area contributed by atoms with Gasteiger partial charge in [-0.2, -0.15) is 13.2 Å². The molecule has 0 bridgehead atoms. The van der Waals surface area contributed by atoms with Crippen molar-refractivity contribution >= 4 is 11.9 Å². The molecule has 0 aromatic heterocycles. The van der Waals surface area contributed by atoms with Crippen molar-refractivity contribution in [2.45, 2.75) is 39.6 Å². The number of aliphatic carboxylic acids is 1. The van der Waals surface area contributed by atoms with Gasteiger partial charge in [-0.3, -0.25) is 4.79 Å². The summed E-state index contributed by atoms with van der Waals surface area (Å²) >= 11 is 0. The van der Waals surface area contributed by atoms with Crippen molar-refractivity contribution in [1.82, 2.24) is 4.90 Å². The fraction of sp³-hybridized carbons (Fsp3) is 0.417. The standard InChI is InChI=1S/C22H28F2N2O3.C2HF3O2/c1-15(2)10-22(27)26(9-8-25)13-16-4-7-20(21(11-16)28-3)29-14-17-5-6-18(23)12-19(17)24;3-2(4,5)1(6)7/h4-7,11-12,15H,8-10,13-14,25H2,1-3H3;(H,6,7). The van der Waals surface area contributed by atoms with E-state index in [-0.39, 0.29) is 24.0 Å². The number of nitrogens with two attached hydrogens (primary N) is 1. The van der Waals surface area contributed by atoms with E-state index in [9.17, 15) is 26.7 Å². The van der Waals surface area contributed by atoms with Crippen molar-refractivity contribution < 1.29 is 46.1 Å². The first-order valence-corrected chi connectivity index (χ1v) is 10.8. The summed E-state index contributed by atoms with van der Waals surface area (Å²) in [6.07, 6.45) is -4.62. The summed E-state index contributed by atoms with van der Waals surface area (Å²) in [4.78, 5) is 23.1. The normalized spacial score (nSPS) is 10.9. The molecule has 0 radical (unpaired) electrons. The van der Waals surface area contributed by atoms with E-state index in [4.69, 9.17) is 25.1 Å². The number of alkyl halides is 3. The number of carboxylic acid groups (broad SMARTS) is 1. The minimum atomic E-state index is -5.08. The van der Waals surface area contributed by atoms with E-state index < -0.39 is 23.8 Å². The van der Waals surface area contributed by atoms with Crippen LogP contribution in [0.15, 0.2) is 36.4 Å². The number of rotatable bonds is 10. The van der Waals surface area contributed by atoms with Crippen LogP contribution in [0.25, 0.3) is 0 Å². The highest BCUT2D eigenvalue weighted by molar-refractivity contribution is 5.76. The fourth-order valence-corrected chi connectivity index (χ4v) is 2.87. The van der Waals surface area contributed by atoms with Gasteiger partial charge in [-0.15, -0.1) is 0 Å². The van der Waals surface area contributed by atoms with E-state index in [1.54, 1.807) is 17.0 Å². The molecule has 0 saturated carbocycles. The molecule has 0 heterocycles. The number of hydrogen-bond acceptors (Lipinski definition) is 5. The van der Waals surface area contributed by atoms with Crippen molar-refractivity contribution in [2.24, 2.45) is 11.7 Å². The second kappa shape index (κ2) is 14.2. The maximum atomic E-state index is 13.8. The van der Waals surface area contributed by atoms with Crippen LogP contribution in [0.4, 0.5) is 22.0 Å². The quantitative estimate of drug-likeness (QED) is 0.447. The molecule has 0 aliphatic rings. The number of carbonyl (C=O) groups excluding carboxylic acids is 1. The lowest BCUT2D eigenvalue weighted by molar-refractivity contribution is -0.192. The summed E-state index contributed by atoms with van der Waals surface area (Å²) in [6.45, 7) is 5.19. The van der Waals surface area contributed by atoms with E-state index in [0.717, 1.165) is 11.6 Å². The van der Waals surface area contributed by atoms with Gasteiger partial charge in [-0.1, -0.05) is 19.9 Å². The predicted octanol–water partition coefficient (Wildman–Crippen LogP) is 4.52. The molecule has 3 N–H and O–H groups in total. The molecule has 12 heteroatoms. The predicted molar refractivity (Wildman–Crippen MR) is 121 cm³/mol. The van der Waals surface area contributed by atoms with Gasteiger partial charge in [0.1, 0.15) is 18.2 Å². The van der Waals surface area contributed by atoms with Crippen molar-refractivity contribution in [1.29, 1.82) is 0 Å². The molecular formula is C24H29F5N2O5. The Morgan fingerprint density at radius 1 is 1.08 bits per heavy atom. The number of hydrogen-bond donors (Lipinski definition) is 2. The summed E-state index contributed by atoms with van der Waals surface area (Å²) < 4.78 is 69.6. The van der Waals surface area contributed by atoms with Crippen LogP contribution in [-0.4, -0.2) is 48.3 Å². The Kier molecular flexibility index (Phi) is 12.1. The van der Waals surface area contributed by atoms with Gasteiger partial charge in [0, 0.05) is 37.7 Å². The van der Waals surface area contributed by atoms with E-state index >= 15 is 0 Å². The van der Waals surface area contributed by atoms with Crippen LogP contribution in [0.3, 0.4) is 0 Å². The van der Waals surface area contributed by atoms with Crippen LogP contribution in [0.2, 0.25) is 0 Å². The molecule has 2 rings (SSSR count). The number of nitrogens with zero attached hydrogens (tertiary/aromatic N) is 1. The summed E-state index contributed by atoms with van der Waals surface area (Å²) in [7, 11) is 1.51. The van der Waals surface area contributed by atoms with Crippen molar-refractivity contribution in [3.8, 4) is 11.5 Å². The average Bonchev–Trinajstić information content (AvgIpc) is 2.78. The van der Waals surface area contributed by atoms with Gasteiger partial charge >= 0.3 is 12.1 Å². The number of ether oxygens (including phenoxy) is 2. The smallest absolute Gasteiger partial charge is 0.490 e. The third-order valence-corrected chi connectivity index (χ3v) is 4.58. The van der Waals surface area contributed by atoms with Gasteiger partial charge < -0.3 is 25.2 Å². The molecule has 0 spiro atoms. The molecule has 2 aromatic carbocycles. The van der Waals surface area contributed by atoms with Gasteiger partial charge in [-0.25, -0.2) is 13.6 Å². The third-order valence-electron chi connectivity index (χ3n) is 4.58. The summed E-state index contributed by atoms with van der Waals surface area (Å²) in [5, 5.41) is 7.12. The molecule has 200 valence electrons. The Morgan fingerprint density at radius 2 is 1.72 bits per heavy atom. The monoisotopic (exact) mass is 520 g/mol. The van der Waals surface area contributed by atoms with Crippen LogP contribution in [0.5, 0.6) is 11.5 Å². The molecule has 0 fully saturated rings. The Bertz CT molecular complexity index is 1010. The Balaban J connectivity index is 0.000000809. The van der Waals surface area contributed by atoms with E-state index in [1.807, 2.05) is 19.9 Å². The third kappa shape index (κ3) is 10.5. The number of amides is 1. The zero-order valence-electron chi connectivity index (χ0n) is 20.1.